The van der Waals surface area contributed by atoms with E-state index in [2.05, 4.69) is 4.99 Å². The average molecular weight is 142 g/mol. The van der Waals surface area contributed by atoms with Gasteiger partial charge >= 0.3 is 6.03 Å². The van der Waals surface area contributed by atoms with Crippen LogP contribution in [-0.4, -0.2) is 23.8 Å². The van der Waals surface area contributed by atoms with Crippen molar-refractivity contribution in [3.8, 4) is 0 Å². The van der Waals surface area contributed by atoms with Crippen molar-refractivity contribution in [3.05, 3.63) is 0 Å². The molecule has 1 aliphatic rings. The number of hydrogen-bond donors (Lipinski definition) is 3. The molecule has 0 spiro atoms. The Kier molecular flexibility index (Phi) is 1.38. The van der Waals surface area contributed by atoms with Gasteiger partial charge in [0.05, 0.1) is 0 Å². The van der Waals surface area contributed by atoms with Gasteiger partial charge in [-0.3, -0.25) is 10.1 Å². The number of rotatable bonds is 0. The van der Waals surface area contributed by atoms with Gasteiger partial charge in [0, 0.05) is 0 Å². The molecular formula is C4H6N4O2. The molecule has 0 radical (unpaired) electrons. The van der Waals surface area contributed by atoms with E-state index in [0.717, 1.165) is 0 Å². The number of hydrogen-bond acceptors (Lipinski definition) is 4. The van der Waals surface area contributed by atoms with Gasteiger partial charge in [0.2, 0.25) is 0 Å². The van der Waals surface area contributed by atoms with Crippen LogP contribution in [0.25, 0.3) is 0 Å². The van der Waals surface area contributed by atoms with Crippen molar-refractivity contribution in [2.75, 3.05) is 0 Å². The molecule has 6 nitrogen and oxygen atoms in total. The first-order valence-electron chi connectivity index (χ1n) is 2.55. The number of carbonyl (C=O) groups is 2. The molecule has 1 aliphatic heterocycles. The molecule has 0 fully saturated rings. The number of urea groups is 1. The van der Waals surface area contributed by atoms with Gasteiger partial charge in [-0.25, -0.2) is 4.79 Å². The fourth-order valence-corrected chi connectivity index (χ4v) is 0.532. The lowest BCUT2D eigenvalue weighted by Crippen LogP contribution is -2.54. The van der Waals surface area contributed by atoms with Crippen LogP contribution >= 0.6 is 0 Å². The van der Waals surface area contributed by atoms with E-state index in [9.17, 15) is 9.59 Å². The third-order valence-corrected chi connectivity index (χ3v) is 1.06. The largest absolute Gasteiger partial charge is 0.385 e. The minimum atomic E-state index is -0.988. The Balaban J connectivity index is 2.91. The standard InChI is InChI=1S/C4H6N4O2/c5-1-2(6)7-4(10)8-3(1)9/h1H,5H2,(H3,6,7,8,9,10)/t1-/m1/s1. The van der Waals surface area contributed by atoms with E-state index in [1.165, 1.54) is 0 Å². The Labute approximate surface area is 56.3 Å². The summed E-state index contributed by atoms with van der Waals surface area (Å²) in [4.78, 5) is 24.2. The van der Waals surface area contributed by atoms with Crippen molar-refractivity contribution in [1.82, 2.24) is 5.32 Å². The molecule has 5 N–H and O–H groups in total. The van der Waals surface area contributed by atoms with Crippen LogP contribution in [0.4, 0.5) is 4.79 Å². The Morgan fingerprint density at radius 2 is 2.10 bits per heavy atom. The highest BCUT2D eigenvalue weighted by atomic mass is 16.2. The van der Waals surface area contributed by atoms with E-state index >= 15 is 0 Å². The van der Waals surface area contributed by atoms with E-state index in [1.807, 2.05) is 5.32 Å². The van der Waals surface area contributed by atoms with Crippen molar-refractivity contribution >= 4 is 17.8 Å². The molecule has 10 heavy (non-hydrogen) atoms. The van der Waals surface area contributed by atoms with Crippen LogP contribution in [0.5, 0.6) is 0 Å². The van der Waals surface area contributed by atoms with E-state index in [-0.39, 0.29) is 5.84 Å². The first kappa shape index (κ1) is 6.69. The summed E-state index contributed by atoms with van der Waals surface area (Å²) in [5.74, 6) is -0.758. The van der Waals surface area contributed by atoms with Crippen LogP contribution in [0, 0.1) is 0 Å². The van der Waals surface area contributed by atoms with Gasteiger partial charge in [-0.1, -0.05) is 0 Å². The van der Waals surface area contributed by atoms with E-state index in [0.29, 0.717) is 0 Å². The monoisotopic (exact) mass is 142 g/mol. The number of nitrogens with zero attached hydrogens (tertiary/aromatic N) is 1. The average Bonchev–Trinajstić information content (AvgIpc) is 1.82. The molecule has 0 aromatic carbocycles. The maximum atomic E-state index is 10.6. The Morgan fingerprint density at radius 1 is 1.50 bits per heavy atom. The van der Waals surface area contributed by atoms with Crippen LogP contribution in [0.1, 0.15) is 0 Å². The maximum Gasteiger partial charge on any atom is 0.349 e. The van der Waals surface area contributed by atoms with E-state index in [4.69, 9.17) is 11.5 Å². The second-order valence-corrected chi connectivity index (χ2v) is 1.81. The lowest BCUT2D eigenvalue weighted by Gasteiger charge is -2.13. The summed E-state index contributed by atoms with van der Waals surface area (Å²) < 4.78 is 0. The highest BCUT2D eigenvalue weighted by Crippen LogP contribution is 1.89. The summed E-state index contributed by atoms with van der Waals surface area (Å²) in [7, 11) is 0. The predicted molar refractivity (Wildman–Crippen MR) is 33.1 cm³/mol. The SMILES string of the molecule is NC1=NC(=O)NC(=O)[C@@H]1N. The molecule has 1 rings (SSSR count). The third-order valence-electron chi connectivity index (χ3n) is 1.06. The highest BCUT2D eigenvalue weighted by molar-refractivity contribution is 6.17. The zero-order valence-corrected chi connectivity index (χ0v) is 5.00. The summed E-state index contributed by atoms with van der Waals surface area (Å²) in [5, 5.41) is 1.89. The summed E-state index contributed by atoms with van der Waals surface area (Å²) in [6, 6.07) is -1.75. The highest BCUT2D eigenvalue weighted by Gasteiger charge is 2.24. The molecule has 3 amide bonds. The van der Waals surface area contributed by atoms with Crippen molar-refractivity contribution in [3.63, 3.8) is 0 Å². The quantitative estimate of drug-likeness (QED) is 0.360. The number of amidine groups is 1. The number of nitrogens with two attached hydrogens (primary N) is 2. The van der Waals surface area contributed by atoms with Crippen molar-refractivity contribution in [2.45, 2.75) is 6.04 Å². The summed E-state index contributed by atoms with van der Waals surface area (Å²) in [6.07, 6.45) is 0. The molecule has 0 bridgehead atoms. The number of carbonyl (C=O) groups excluding carboxylic acids is 2. The minimum Gasteiger partial charge on any atom is -0.385 e. The van der Waals surface area contributed by atoms with Gasteiger partial charge in [-0.05, 0) is 0 Å². The Bertz CT molecular complexity index is 221. The van der Waals surface area contributed by atoms with Crippen LogP contribution in [0.15, 0.2) is 4.99 Å². The van der Waals surface area contributed by atoms with Crippen molar-refractivity contribution < 1.29 is 9.59 Å². The second kappa shape index (κ2) is 2.07. The molecule has 1 atom stereocenters. The molecule has 0 aromatic heterocycles. The molecule has 1 heterocycles. The molecule has 0 saturated heterocycles. The van der Waals surface area contributed by atoms with Crippen molar-refractivity contribution in [1.29, 1.82) is 0 Å². The van der Waals surface area contributed by atoms with Gasteiger partial charge in [0.1, 0.15) is 11.9 Å². The summed E-state index contributed by atoms with van der Waals surface area (Å²) in [6.45, 7) is 0. The van der Waals surface area contributed by atoms with Gasteiger partial charge in [-0.2, -0.15) is 4.99 Å². The van der Waals surface area contributed by atoms with Crippen LogP contribution in [-0.2, 0) is 4.79 Å². The summed E-state index contributed by atoms with van der Waals surface area (Å²) in [5.41, 5.74) is 10.3. The van der Waals surface area contributed by atoms with Gasteiger partial charge in [0.15, 0.2) is 0 Å². The van der Waals surface area contributed by atoms with Crippen LogP contribution in [0.2, 0.25) is 0 Å². The third kappa shape index (κ3) is 0.960. The van der Waals surface area contributed by atoms with Gasteiger partial charge < -0.3 is 11.5 Å². The fraction of sp³-hybridized carbons (Fsp3) is 0.250. The number of aliphatic imine (C=N–C) groups is 1. The number of amides is 3. The zero-order chi connectivity index (χ0) is 7.72. The van der Waals surface area contributed by atoms with Gasteiger partial charge in [0.25, 0.3) is 5.91 Å². The minimum absolute atomic E-state index is 0.145. The normalized spacial score (nSPS) is 25.7. The number of imide groups is 1. The topological polar surface area (TPSA) is 111 Å². The lowest BCUT2D eigenvalue weighted by molar-refractivity contribution is -0.120. The molecule has 0 unspecified atom stereocenters. The van der Waals surface area contributed by atoms with Crippen LogP contribution < -0.4 is 16.8 Å². The molecule has 54 valence electrons. The summed E-state index contributed by atoms with van der Waals surface area (Å²) >= 11 is 0. The smallest absolute Gasteiger partial charge is 0.349 e. The Morgan fingerprint density at radius 3 is 2.60 bits per heavy atom. The van der Waals surface area contributed by atoms with E-state index < -0.39 is 18.0 Å². The molecule has 0 saturated carbocycles. The molecular weight excluding hydrogens is 136 g/mol. The zero-order valence-electron chi connectivity index (χ0n) is 5.00. The predicted octanol–water partition coefficient (Wildman–Crippen LogP) is -2.08. The van der Waals surface area contributed by atoms with Crippen LogP contribution in [0.3, 0.4) is 0 Å². The van der Waals surface area contributed by atoms with Gasteiger partial charge in [-0.15, -0.1) is 0 Å². The first-order chi connectivity index (χ1) is 4.61. The lowest BCUT2D eigenvalue weighted by atomic mass is 10.2. The molecule has 0 aromatic rings. The van der Waals surface area contributed by atoms with E-state index in [1.54, 1.807) is 0 Å². The maximum absolute atomic E-state index is 10.6. The Hall–Kier alpha value is -1.43. The first-order valence-corrected chi connectivity index (χ1v) is 2.55. The molecule has 0 aliphatic carbocycles. The second-order valence-electron chi connectivity index (χ2n) is 1.81. The molecule has 6 heteroatoms. The number of nitrogens with one attached hydrogen (secondary N) is 1. The fourth-order valence-electron chi connectivity index (χ4n) is 0.532. The van der Waals surface area contributed by atoms with Crippen molar-refractivity contribution in [2.24, 2.45) is 16.5 Å².